The highest BCUT2D eigenvalue weighted by Gasteiger charge is 2.24. The molecule has 3 N–H and O–H groups in total. The first kappa shape index (κ1) is 49.6. The molecule has 3 rings (SSSR count). The molecule has 14 heteroatoms. The van der Waals surface area contributed by atoms with E-state index < -0.39 is 23.9 Å². The average Bonchev–Trinajstić information content (AvgIpc) is 3.22. The summed E-state index contributed by atoms with van der Waals surface area (Å²) >= 11 is 0. The fourth-order valence-corrected chi connectivity index (χ4v) is 5.35. The van der Waals surface area contributed by atoms with Crippen LogP contribution in [0.2, 0.25) is 0 Å². The summed E-state index contributed by atoms with van der Waals surface area (Å²) in [6, 6.07) is 14.1. The normalized spacial score (nSPS) is 11.5. The first-order chi connectivity index (χ1) is 29.1. The molecule has 0 spiro atoms. The van der Waals surface area contributed by atoms with Gasteiger partial charge in [-0.1, -0.05) is 113 Å². The molecule has 14 nitrogen and oxygen atoms in total. The van der Waals surface area contributed by atoms with E-state index in [1.165, 1.54) is 12.2 Å². The van der Waals surface area contributed by atoms with Gasteiger partial charge in [-0.15, -0.1) is 0 Å². The molecule has 1 atom stereocenters. The maximum Gasteiger partial charge on any atom is 0.345 e. The predicted octanol–water partition coefficient (Wildman–Crippen LogP) is 9.55. The van der Waals surface area contributed by atoms with Crippen LogP contribution < -0.4 is 16.0 Å². The lowest BCUT2D eigenvalue weighted by Gasteiger charge is -2.16. The summed E-state index contributed by atoms with van der Waals surface area (Å²) < 4.78 is 21.5. The molecule has 0 aliphatic heterocycles. The van der Waals surface area contributed by atoms with Crippen LogP contribution in [0, 0.1) is 29.6 Å². The van der Waals surface area contributed by atoms with E-state index in [-0.39, 0.29) is 73.1 Å². The number of anilines is 5. The third kappa shape index (κ3) is 18.6. The highest BCUT2D eigenvalue weighted by molar-refractivity contribution is 6.18. The predicted molar refractivity (Wildman–Crippen MR) is 240 cm³/mol. The van der Waals surface area contributed by atoms with Crippen LogP contribution in [0.3, 0.4) is 0 Å². The average molecular weight is 843 g/mol. The number of esters is 4. The SMILES string of the molecule is CCCCC(CC)CNc1nc(Nc2ccc(C=C(C(=O)OCC(C)C)C(=O)OCC(C)C)cc2)nc(Nc2ccc(C=C(C(=O)OCC(C)C)C(=O)OCC(C)C)cc2)n1. The molecule has 0 aliphatic carbocycles. The van der Waals surface area contributed by atoms with Crippen LogP contribution in [0.5, 0.6) is 0 Å². The van der Waals surface area contributed by atoms with Gasteiger partial charge in [0.2, 0.25) is 17.8 Å². The van der Waals surface area contributed by atoms with Gasteiger partial charge >= 0.3 is 23.9 Å². The van der Waals surface area contributed by atoms with Crippen LogP contribution in [-0.4, -0.2) is 71.8 Å². The third-order valence-electron chi connectivity index (χ3n) is 8.75. The van der Waals surface area contributed by atoms with E-state index in [1.54, 1.807) is 48.5 Å². The van der Waals surface area contributed by atoms with Crippen molar-refractivity contribution in [2.45, 2.75) is 94.9 Å². The summed E-state index contributed by atoms with van der Waals surface area (Å²) in [5.74, 6) is -1.22. The minimum Gasteiger partial charge on any atom is -0.462 e. The molecule has 0 radical (unpaired) electrons. The standard InChI is InChI=1S/C47H66N6O8/c1-11-13-14-34(12-2)25-48-45-51-46(49-37-19-15-35(16-20-37)23-39(41(54)58-26-30(3)4)42(55)59-27-31(5)6)53-47(52-45)50-38-21-17-36(18-22-38)24-40(43(56)60-28-32(7)8)44(57)61-29-33(9)10/h15-24,30-34H,11-14,25-29H2,1-10H3,(H3,48,49,50,51,52,53). The summed E-state index contributed by atoms with van der Waals surface area (Å²) in [5, 5.41) is 9.88. The number of ether oxygens (including phenoxy) is 4. The molecule has 0 bridgehead atoms. The number of carbonyl (C=O) groups is 4. The molecule has 0 amide bonds. The molecule has 0 fully saturated rings. The second-order valence-electron chi connectivity index (χ2n) is 16.7. The van der Waals surface area contributed by atoms with Gasteiger partial charge in [0.05, 0.1) is 26.4 Å². The largest absolute Gasteiger partial charge is 0.462 e. The number of unbranched alkanes of at least 4 members (excludes halogenated alkanes) is 1. The fraction of sp³-hybridized carbons (Fsp3) is 0.511. The second-order valence-corrected chi connectivity index (χ2v) is 16.7. The quantitative estimate of drug-likeness (QED) is 0.0241. The van der Waals surface area contributed by atoms with Gasteiger partial charge in [0.1, 0.15) is 11.1 Å². The molecule has 1 heterocycles. The fourth-order valence-electron chi connectivity index (χ4n) is 5.35. The zero-order valence-electron chi connectivity index (χ0n) is 37.6. The van der Waals surface area contributed by atoms with Gasteiger partial charge in [0.25, 0.3) is 0 Å². The molecular formula is C47H66N6O8. The van der Waals surface area contributed by atoms with Crippen LogP contribution >= 0.6 is 0 Å². The third-order valence-corrected chi connectivity index (χ3v) is 8.75. The van der Waals surface area contributed by atoms with Crippen LogP contribution in [0.1, 0.15) is 106 Å². The number of hydrogen-bond donors (Lipinski definition) is 3. The maximum atomic E-state index is 12.9. The van der Waals surface area contributed by atoms with Crippen molar-refractivity contribution in [1.29, 1.82) is 0 Å². The molecule has 332 valence electrons. The van der Waals surface area contributed by atoms with Gasteiger partial charge in [-0.25, -0.2) is 19.2 Å². The topological polar surface area (TPSA) is 180 Å². The van der Waals surface area contributed by atoms with Crippen LogP contribution in [-0.2, 0) is 38.1 Å². The van der Waals surface area contributed by atoms with E-state index in [2.05, 4.69) is 44.7 Å². The lowest BCUT2D eigenvalue weighted by Crippen LogP contribution is -2.21. The summed E-state index contributed by atoms with van der Waals surface area (Å²) in [4.78, 5) is 65.7. The first-order valence-electron chi connectivity index (χ1n) is 21.4. The molecule has 61 heavy (non-hydrogen) atoms. The van der Waals surface area contributed by atoms with Gasteiger partial charge < -0.3 is 34.9 Å². The Morgan fingerprint density at radius 3 is 1.20 bits per heavy atom. The molecule has 3 aromatic rings. The van der Waals surface area contributed by atoms with E-state index in [0.717, 1.165) is 25.7 Å². The number of benzene rings is 2. The molecule has 2 aromatic carbocycles. The molecule has 0 saturated carbocycles. The number of nitrogens with one attached hydrogen (secondary N) is 3. The van der Waals surface area contributed by atoms with E-state index >= 15 is 0 Å². The summed E-state index contributed by atoms with van der Waals surface area (Å²) in [5.41, 5.74) is 2.10. The number of carbonyl (C=O) groups excluding carboxylic acids is 4. The smallest absolute Gasteiger partial charge is 0.345 e. The Bertz CT molecular complexity index is 1750. The van der Waals surface area contributed by atoms with Crippen molar-refractivity contribution in [3.63, 3.8) is 0 Å². The van der Waals surface area contributed by atoms with Gasteiger partial charge in [-0.05, 0) is 83.6 Å². The second kappa shape index (κ2) is 25.7. The number of aromatic nitrogens is 3. The highest BCUT2D eigenvalue weighted by atomic mass is 16.6. The van der Waals surface area contributed by atoms with E-state index in [4.69, 9.17) is 18.9 Å². The summed E-state index contributed by atoms with van der Waals surface area (Å²) in [6.07, 6.45) is 7.27. The van der Waals surface area contributed by atoms with Gasteiger partial charge in [-0.3, -0.25) is 0 Å². The lowest BCUT2D eigenvalue weighted by molar-refractivity contribution is -0.149. The van der Waals surface area contributed by atoms with Crippen molar-refractivity contribution in [3.8, 4) is 0 Å². The van der Waals surface area contributed by atoms with Crippen molar-refractivity contribution < 1.29 is 38.1 Å². The molecule has 0 aliphatic rings. The Kier molecular flexibility index (Phi) is 20.9. The van der Waals surface area contributed by atoms with Crippen LogP contribution in [0.4, 0.5) is 29.2 Å². The highest BCUT2D eigenvalue weighted by Crippen LogP contribution is 2.23. The van der Waals surface area contributed by atoms with Crippen LogP contribution in [0.25, 0.3) is 12.2 Å². The summed E-state index contributed by atoms with van der Waals surface area (Å²) in [6.45, 7) is 21.0. The van der Waals surface area contributed by atoms with Gasteiger partial charge in [0, 0.05) is 17.9 Å². The zero-order chi connectivity index (χ0) is 44.9. The lowest BCUT2D eigenvalue weighted by atomic mass is 9.99. The van der Waals surface area contributed by atoms with Crippen molar-refractivity contribution in [2.75, 3.05) is 48.9 Å². The van der Waals surface area contributed by atoms with Crippen LogP contribution in [0.15, 0.2) is 59.7 Å². The maximum absolute atomic E-state index is 12.9. The minimum absolute atomic E-state index is 0.0981. The minimum atomic E-state index is -0.741. The molecule has 0 saturated heterocycles. The molecule has 1 unspecified atom stereocenters. The Labute approximate surface area is 361 Å². The monoisotopic (exact) mass is 842 g/mol. The van der Waals surface area contributed by atoms with Gasteiger partial charge in [0.15, 0.2) is 0 Å². The Morgan fingerprint density at radius 1 is 0.541 bits per heavy atom. The number of hydrogen-bond acceptors (Lipinski definition) is 14. The van der Waals surface area contributed by atoms with Crippen molar-refractivity contribution in [1.82, 2.24) is 15.0 Å². The molecule has 1 aromatic heterocycles. The zero-order valence-corrected chi connectivity index (χ0v) is 37.6. The Hall–Kier alpha value is -5.79. The number of nitrogens with zero attached hydrogens (tertiary/aromatic N) is 3. The summed E-state index contributed by atoms with van der Waals surface area (Å²) in [7, 11) is 0. The van der Waals surface area contributed by atoms with E-state index in [1.807, 2.05) is 55.4 Å². The van der Waals surface area contributed by atoms with Crippen molar-refractivity contribution in [2.24, 2.45) is 29.6 Å². The van der Waals surface area contributed by atoms with E-state index in [9.17, 15) is 19.2 Å². The van der Waals surface area contributed by atoms with Crippen molar-refractivity contribution in [3.05, 3.63) is 70.8 Å². The van der Waals surface area contributed by atoms with E-state index in [0.29, 0.717) is 40.9 Å². The Morgan fingerprint density at radius 2 is 0.885 bits per heavy atom. The first-order valence-corrected chi connectivity index (χ1v) is 21.4. The van der Waals surface area contributed by atoms with Gasteiger partial charge in [-0.2, -0.15) is 15.0 Å². The molecular weight excluding hydrogens is 777 g/mol. The van der Waals surface area contributed by atoms with Crippen molar-refractivity contribution >= 4 is 65.2 Å². The Balaban J connectivity index is 1.91. The number of rotatable bonds is 25.